The molecular weight excluding hydrogens is 296 g/mol. The van der Waals surface area contributed by atoms with Crippen LogP contribution in [-0.2, 0) is 14.3 Å². The van der Waals surface area contributed by atoms with Gasteiger partial charge in [-0.3, -0.25) is 4.79 Å². The van der Waals surface area contributed by atoms with E-state index in [2.05, 4.69) is 4.98 Å². The lowest BCUT2D eigenvalue weighted by Crippen LogP contribution is -2.49. The third-order valence-corrected chi connectivity index (χ3v) is 3.91. The minimum absolute atomic E-state index is 0.00739. The summed E-state index contributed by atoms with van der Waals surface area (Å²) in [5.41, 5.74) is 1.30. The minimum atomic E-state index is -0.495. The molecule has 0 spiro atoms. The second-order valence-corrected chi connectivity index (χ2v) is 5.88. The molecule has 1 saturated heterocycles. The lowest BCUT2D eigenvalue weighted by molar-refractivity contribution is -0.146. The van der Waals surface area contributed by atoms with Crippen molar-refractivity contribution in [1.29, 1.82) is 0 Å². The van der Waals surface area contributed by atoms with Gasteiger partial charge in [-0.15, -0.1) is 0 Å². The van der Waals surface area contributed by atoms with E-state index in [9.17, 15) is 9.59 Å². The molecule has 0 bridgehead atoms. The van der Waals surface area contributed by atoms with Gasteiger partial charge in [-0.25, -0.2) is 4.79 Å². The van der Waals surface area contributed by atoms with Gasteiger partial charge in [-0.05, 0) is 19.9 Å². The largest absolute Gasteiger partial charge is 0.452 e. The lowest BCUT2D eigenvalue weighted by atomic mass is 10.2. The summed E-state index contributed by atoms with van der Waals surface area (Å²) in [5, 5.41) is 0.790. The van der Waals surface area contributed by atoms with E-state index in [1.165, 1.54) is 0 Å². The summed E-state index contributed by atoms with van der Waals surface area (Å²) in [6.45, 7) is 4.64. The van der Waals surface area contributed by atoms with Gasteiger partial charge in [-0.1, -0.05) is 18.2 Å². The molecule has 1 aromatic carbocycles. The molecule has 2 heterocycles. The first-order valence-corrected chi connectivity index (χ1v) is 7.71. The Morgan fingerprint density at radius 3 is 2.70 bits per heavy atom. The average Bonchev–Trinajstić information content (AvgIpc) is 2.95. The fraction of sp³-hybridized carbons (Fsp3) is 0.412. The minimum Gasteiger partial charge on any atom is -0.452 e. The van der Waals surface area contributed by atoms with Crippen LogP contribution in [0.25, 0.3) is 10.9 Å². The normalized spacial score (nSPS) is 21.4. The van der Waals surface area contributed by atoms with Gasteiger partial charge in [0.15, 0.2) is 6.61 Å². The number of aromatic nitrogens is 1. The van der Waals surface area contributed by atoms with Crippen LogP contribution in [0, 0.1) is 0 Å². The number of hydrogen-bond donors (Lipinski definition) is 1. The van der Waals surface area contributed by atoms with Crippen LogP contribution in [0.15, 0.2) is 30.5 Å². The smallest absolute Gasteiger partial charge is 0.340 e. The molecule has 1 aliphatic rings. The molecule has 1 amide bonds. The van der Waals surface area contributed by atoms with Crippen molar-refractivity contribution in [1.82, 2.24) is 9.88 Å². The quantitative estimate of drug-likeness (QED) is 0.879. The zero-order chi connectivity index (χ0) is 16.4. The van der Waals surface area contributed by atoms with Gasteiger partial charge in [0.25, 0.3) is 5.91 Å². The van der Waals surface area contributed by atoms with Crippen molar-refractivity contribution in [3.05, 3.63) is 36.0 Å². The Morgan fingerprint density at radius 2 is 1.96 bits per heavy atom. The Kier molecular flexibility index (Phi) is 4.34. The number of carbonyl (C=O) groups excluding carboxylic acids is 2. The SMILES string of the molecule is C[C@H]1CN(C(=O)COC(=O)c2c[nH]c3ccccc23)C[C@H](C)O1. The molecule has 0 unspecified atom stereocenters. The number of amides is 1. The molecule has 0 radical (unpaired) electrons. The molecule has 1 aliphatic heterocycles. The van der Waals surface area contributed by atoms with E-state index in [-0.39, 0.29) is 24.7 Å². The van der Waals surface area contributed by atoms with Crippen molar-refractivity contribution in [3.8, 4) is 0 Å². The third kappa shape index (κ3) is 3.37. The number of H-pyrrole nitrogens is 1. The Morgan fingerprint density at radius 1 is 1.26 bits per heavy atom. The number of benzene rings is 1. The van der Waals surface area contributed by atoms with Gasteiger partial charge in [0, 0.05) is 30.2 Å². The molecular formula is C17H20N2O4. The Bertz CT molecular complexity index is 714. The topological polar surface area (TPSA) is 71.6 Å². The van der Waals surface area contributed by atoms with Crippen LogP contribution in [0.3, 0.4) is 0 Å². The lowest BCUT2D eigenvalue weighted by Gasteiger charge is -2.35. The molecule has 23 heavy (non-hydrogen) atoms. The number of ether oxygens (including phenoxy) is 2. The van der Waals surface area contributed by atoms with Crippen LogP contribution >= 0.6 is 0 Å². The summed E-state index contributed by atoms with van der Waals surface area (Å²) in [6.07, 6.45) is 1.59. The van der Waals surface area contributed by atoms with Gasteiger partial charge in [0.05, 0.1) is 17.8 Å². The predicted octanol–water partition coefficient (Wildman–Crippen LogP) is 1.96. The van der Waals surface area contributed by atoms with E-state index in [1.807, 2.05) is 38.1 Å². The highest BCUT2D eigenvalue weighted by molar-refractivity contribution is 6.04. The van der Waals surface area contributed by atoms with Crippen LogP contribution in [0.1, 0.15) is 24.2 Å². The average molecular weight is 316 g/mol. The van der Waals surface area contributed by atoms with E-state index >= 15 is 0 Å². The molecule has 1 fully saturated rings. The first-order valence-electron chi connectivity index (χ1n) is 7.71. The van der Waals surface area contributed by atoms with Crippen molar-refractivity contribution in [2.75, 3.05) is 19.7 Å². The first kappa shape index (κ1) is 15.6. The van der Waals surface area contributed by atoms with E-state index in [4.69, 9.17) is 9.47 Å². The molecule has 3 rings (SSSR count). The van der Waals surface area contributed by atoms with Crippen LogP contribution in [-0.4, -0.2) is 53.7 Å². The van der Waals surface area contributed by atoms with Gasteiger partial charge in [0.2, 0.25) is 0 Å². The number of morpholine rings is 1. The first-order chi connectivity index (χ1) is 11.0. The number of carbonyl (C=O) groups is 2. The fourth-order valence-electron chi connectivity index (χ4n) is 2.92. The Balaban J connectivity index is 1.61. The molecule has 6 nitrogen and oxygen atoms in total. The standard InChI is InChI=1S/C17H20N2O4/c1-11-8-19(9-12(2)23-11)16(20)10-22-17(21)14-7-18-15-6-4-3-5-13(14)15/h3-7,11-12,18H,8-10H2,1-2H3/t11-,12-/m0/s1. The van der Waals surface area contributed by atoms with E-state index in [0.29, 0.717) is 18.7 Å². The zero-order valence-electron chi connectivity index (χ0n) is 13.2. The zero-order valence-corrected chi connectivity index (χ0v) is 13.2. The number of para-hydroxylation sites is 1. The van der Waals surface area contributed by atoms with E-state index in [1.54, 1.807) is 11.1 Å². The number of rotatable bonds is 3. The van der Waals surface area contributed by atoms with Crippen molar-refractivity contribution in [3.63, 3.8) is 0 Å². The summed E-state index contributed by atoms with van der Waals surface area (Å²) >= 11 is 0. The predicted molar refractivity (Wildman–Crippen MR) is 85.2 cm³/mol. The molecule has 0 aliphatic carbocycles. The second kappa shape index (κ2) is 6.42. The van der Waals surface area contributed by atoms with Crippen molar-refractivity contribution in [2.24, 2.45) is 0 Å². The number of fused-ring (bicyclic) bond motifs is 1. The molecule has 0 saturated carbocycles. The number of hydrogen-bond acceptors (Lipinski definition) is 4. The van der Waals surface area contributed by atoms with Crippen LogP contribution in [0.5, 0.6) is 0 Å². The highest BCUT2D eigenvalue weighted by Gasteiger charge is 2.26. The number of nitrogens with one attached hydrogen (secondary N) is 1. The molecule has 122 valence electrons. The van der Waals surface area contributed by atoms with Gasteiger partial charge in [0.1, 0.15) is 0 Å². The van der Waals surface area contributed by atoms with Crippen LogP contribution < -0.4 is 0 Å². The summed E-state index contributed by atoms with van der Waals surface area (Å²) < 4.78 is 10.8. The van der Waals surface area contributed by atoms with Gasteiger partial charge < -0.3 is 19.4 Å². The maximum absolute atomic E-state index is 12.2. The highest BCUT2D eigenvalue weighted by Crippen LogP contribution is 2.18. The Hall–Kier alpha value is -2.34. The summed E-state index contributed by atoms with van der Waals surface area (Å²) in [5.74, 6) is -0.689. The van der Waals surface area contributed by atoms with Gasteiger partial charge in [-0.2, -0.15) is 0 Å². The van der Waals surface area contributed by atoms with Crippen LogP contribution in [0.4, 0.5) is 0 Å². The number of nitrogens with zero attached hydrogens (tertiary/aromatic N) is 1. The third-order valence-electron chi connectivity index (χ3n) is 3.91. The van der Waals surface area contributed by atoms with E-state index in [0.717, 1.165) is 10.9 Å². The fourth-order valence-corrected chi connectivity index (χ4v) is 2.92. The molecule has 2 atom stereocenters. The Labute approximate surface area is 134 Å². The van der Waals surface area contributed by atoms with Crippen LogP contribution in [0.2, 0.25) is 0 Å². The highest BCUT2D eigenvalue weighted by atomic mass is 16.5. The monoisotopic (exact) mass is 316 g/mol. The number of esters is 1. The van der Waals surface area contributed by atoms with E-state index < -0.39 is 5.97 Å². The molecule has 1 aromatic heterocycles. The second-order valence-electron chi connectivity index (χ2n) is 5.88. The molecule has 1 N–H and O–H groups in total. The summed E-state index contributed by atoms with van der Waals surface area (Å²) in [4.78, 5) is 29.1. The van der Waals surface area contributed by atoms with Crippen molar-refractivity contribution >= 4 is 22.8 Å². The van der Waals surface area contributed by atoms with Crippen molar-refractivity contribution in [2.45, 2.75) is 26.1 Å². The van der Waals surface area contributed by atoms with Gasteiger partial charge >= 0.3 is 5.97 Å². The van der Waals surface area contributed by atoms with Crippen molar-refractivity contribution < 1.29 is 19.1 Å². The molecule has 2 aromatic rings. The maximum Gasteiger partial charge on any atom is 0.340 e. The maximum atomic E-state index is 12.2. The molecule has 6 heteroatoms. The summed E-state index contributed by atoms with van der Waals surface area (Å²) in [7, 11) is 0. The summed E-state index contributed by atoms with van der Waals surface area (Å²) in [6, 6.07) is 7.47. The number of aromatic amines is 1.